The first-order chi connectivity index (χ1) is 11.1. The molecule has 3 N–H and O–H groups in total. The first-order valence-electron chi connectivity index (χ1n) is 7.49. The van der Waals surface area contributed by atoms with Crippen LogP contribution in [0.2, 0.25) is 0 Å². The molecular weight excluding hydrogens is 294 g/mol. The predicted molar refractivity (Wildman–Crippen MR) is 92.8 cm³/mol. The van der Waals surface area contributed by atoms with Gasteiger partial charge < -0.3 is 25.4 Å². The Kier molecular flexibility index (Phi) is 5.46. The standard InChI is InChI=1S/C16H23N5O2/c1-5-21(6-2)16-14(17)15(18-10-19-16)20-12-9-11(22-3)7-8-13(12)23-4/h7-10H,5-6,17H2,1-4H3,(H,18,19,20). The Balaban J connectivity index is 2.39. The number of hydrogen-bond acceptors (Lipinski definition) is 7. The maximum Gasteiger partial charge on any atom is 0.159 e. The summed E-state index contributed by atoms with van der Waals surface area (Å²) in [6.45, 7) is 5.76. The lowest BCUT2D eigenvalue weighted by Crippen LogP contribution is -2.24. The average molecular weight is 317 g/mol. The number of nitrogens with zero attached hydrogens (tertiary/aromatic N) is 3. The van der Waals surface area contributed by atoms with Gasteiger partial charge in [-0.25, -0.2) is 9.97 Å². The fraction of sp³-hybridized carbons (Fsp3) is 0.375. The molecule has 0 bridgehead atoms. The first-order valence-corrected chi connectivity index (χ1v) is 7.49. The minimum absolute atomic E-state index is 0.501. The predicted octanol–water partition coefficient (Wildman–Crippen LogP) is 2.67. The number of benzene rings is 1. The quantitative estimate of drug-likeness (QED) is 0.812. The molecule has 0 saturated carbocycles. The van der Waals surface area contributed by atoms with Gasteiger partial charge in [-0.15, -0.1) is 0 Å². The van der Waals surface area contributed by atoms with Crippen molar-refractivity contribution in [2.45, 2.75) is 13.8 Å². The monoisotopic (exact) mass is 317 g/mol. The van der Waals surface area contributed by atoms with E-state index in [-0.39, 0.29) is 0 Å². The van der Waals surface area contributed by atoms with Crippen molar-refractivity contribution in [2.24, 2.45) is 0 Å². The largest absolute Gasteiger partial charge is 0.497 e. The van der Waals surface area contributed by atoms with Crippen LogP contribution in [0.25, 0.3) is 0 Å². The Labute approximate surface area is 136 Å². The van der Waals surface area contributed by atoms with Crippen LogP contribution in [0.5, 0.6) is 11.5 Å². The molecule has 2 rings (SSSR count). The fourth-order valence-corrected chi connectivity index (χ4v) is 2.30. The molecule has 7 nitrogen and oxygen atoms in total. The van der Waals surface area contributed by atoms with Crippen molar-refractivity contribution in [3.8, 4) is 11.5 Å². The number of ether oxygens (including phenoxy) is 2. The van der Waals surface area contributed by atoms with E-state index in [1.165, 1.54) is 6.33 Å². The molecule has 0 amide bonds. The van der Waals surface area contributed by atoms with Gasteiger partial charge in [0.05, 0.1) is 19.9 Å². The smallest absolute Gasteiger partial charge is 0.159 e. The number of aromatic nitrogens is 2. The van der Waals surface area contributed by atoms with Gasteiger partial charge in [0.25, 0.3) is 0 Å². The van der Waals surface area contributed by atoms with Crippen molar-refractivity contribution in [3.63, 3.8) is 0 Å². The number of nitrogen functional groups attached to an aromatic ring is 1. The number of nitrogens with one attached hydrogen (secondary N) is 1. The average Bonchev–Trinajstić information content (AvgIpc) is 2.59. The number of nitrogens with two attached hydrogens (primary N) is 1. The van der Waals surface area contributed by atoms with Crippen LogP contribution in [-0.4, -0.2) is 37.3 Å². The summed E-state index contributed by atoms with van der Waals surface area (Å²) in [5.74, 6) is 2.64. The first kappa shape index (κ1) is 16.7. The maximum absolute atomic E-state index is 6.24. The van der Waals surface area contributed by atoms with E-state index in [4.69, 9.17) is 15.2 Å². The second-order valence-corrected chi connectivity index (χ2v) is 4.82. The molecule has 0 spiro atoms. The van der Waals surface area contributed by atoms with E-state index in [2.05, 4.69) is 34.0 Å². The molecule has 0 saturated heterocycles. The van der Waals surface area contributed by atoms with Crippen LogP contribution in [0.15, 0.2) is 24.5 Å². The highest BCUT2D eigenvalue weighted by Crippen LogP contribution is 2.34. The molecule has 0 aliphatic heterocycles. The van der Waals surface area contributed by atoms with E-state index < -0.39 is 0 Å². The highest BCUT2D eigenvalue weighted by molar-refractivity contribution is 5.80. The van der Waals surface area contributed by atoms with E-state index >= 15 is 0 Å². The molecule has 0 atom stereocenters. The highest BCUT2D eigenvalue weighted by Gasteiger charge is 2.14. The summed E-state index contributed by atoms with van der Waals surface area (Å²) >= 11 is 0. The van der Waals surface area contributed by atoms with Gasteiger partial charge in [-0.05, 0) is 26.0 Å². The number of anilines is 4. The normalized spacial score (nSPS) is 10.3. The highest BCUT2D eigenvalue weighted by atomic mass is 16.5. The maximum atomic E-state index is 6.24. The second kappa shape index (κ2) is 7.53. The van der Waals surface area contributed by atoms with Crippen molar-refractivity contribution in [2.75, 3.05) is 43.3 Å². The lowest BCUT2D eigenvalue weighted by molar-refractivity contribution is 0.405. The second-order valence-electron chi connectivity index (χ2n) is 4.82. The van der Waals surface area contributed by atoms with Crippen molar-refractivity contribution in [1.29, 1.82) is 0 Å². The lowest BCUT2D eigenvalue weighted by atomic mass is 10.2. The number of methoxy groups -OCH3 is 2. The van der Waals surface area contributed by atoms with Crippen molar-refractivity contribution in [1.82, 2.24) is 9.97 Å². The Morgan fingerprint density at radius 3 is 2.48 bits per heavy atom. The van der Waals surface area contributed by atoms with Crippen LogP contribution in [0.1, 0.15) is 13.8 Å². The van der Waals surface area contributed by atoms with Gasteiger partial charge in [0, 0.05) is 19.2 Å². The molecule has 2 aromatic rings. The Morgan fingerprint density at radius 2 is 1.87 bits per heavy atom. The topological polar surface area (TPSA) is 85.5 Å². The summed E-state index contributed by atoms with van der Waals surface area (Å²) in [7, 11) is 3.22. The van der Waals surface area contributed by atoms with Crippen LogP contribution in [0.3, 0.4) is 0 Å². The van der Waals surface area contributed by atoms with E-state index in [1.807, 2.05) is 18.2 Å². The Hall–Kier alpha value is -2.70. The zero-order chi connectivity index (χ0) is 16.8. The van der Waals surface area contributed by atoms with E-state index in [0.717, 1.165) is 24.6 Å². The van der Waals surface area contributed by atoms with Gasteiger partial charge in [0.2, 0.25) is 0 Å². The summed E-state index contributed by atoms with van der Waals surface area (Å²) in [4.78, 5) is 10.6. The van der Waals surface area contributed by atoms with Gasteiger partial charge >= 0.3 is 0 Å². The molecule has 0 aliphatic rings. The summed E-state index contributed by atoms with van der Waals surface area (Å²) < 4.78 is 10.6. The molecule has 0 unspecified atom stereocenters. The minimum atomic E-state index is 0.501. The Bertz CT molecular complexity index is 659. The summed E-state index contributed by atoms with van der Waals surface area (Å²) in [6, 6.07) is 5.48. The van der Waals surface area contributed by atoms with Crippen LogP contribution < -0.4 is 25.4 Å². The summed E-state index contributed by atoms with van der Waals surface area (Å²) in [6.07, 6.45) is 1.50. The molecule has 7 heteroatoms. The fourth-order valence-electron chi connectivity index (χ4n) is 2.30. The number of hydrogen-bond donors (Lipinski definition) is 2. The lowest BCUT2D eigenvalue weighted by Gasteiger charge is -2.22. The van der Waals surface area contributed by atoms with Gasteiger partial charge in [0.1, 0.15) is 23.5 Å². The van der Waals surface area contributed by atoms with Gasteiger partial charge in [-0.2, -0.15) is 0 Å². The van der Waals surface area contributed by atoms with Crippen LogP contribution in [-0.2, 0) is 0 Å². The third-order valence-electron chi connectivity index (χ3n) is 3.59. The van der Waals surface area contributed by atoms with E-state index in [9.17, 15) is 0 Å². The molecule has 0 radical (unpaired) electrons. The Morgan fingerprint density at radius 1 is 1.13 bits per heavy atom. The molecule has 124 valence electrons. The van der Waals surface area contributed by atoms with Gasteiger partial charge in [-0.3, -0.25) is 0 Å². The molecule has 1 aromatic carbocycles. The molecule has 0 fully saturated rings. The molecule has 23 heavy (non-hydrogen) atoms. The molecule has 1 heterocycles. The van der Waals surface area contributed by atoms with Gasteiger partial charge in [0.15, 0.2) is 11.6 Å². The van der Waals surface area contributed by atoms with Gasteiger partial charge in [-0.1, -0.05) is 0 Å². The van der Waals surface area contributed by atoms with Crippen LogP contribution in [0, 0.1) is 0 Å². The zero-order valence-corrected chi connectivity index (χ0v) is 14.0. The molecule has 0 aliphatic carbocycles. The third-order valence-corrected chi connectivity index (χ3v) is 3.59. The molecular formula is C16H23N5O2. The van der Waals surface area contributed by atoms with Crippen LogP contribution in [0.4, 0.5) is 23.0 Å². The SMILES string of the molecule is CCN(CC)c1ncnc(Nc2cc(OC)ccc2OC)c1N. The number of rotatable bonds is 7. The van der Waals surface area contributed by atoms with Crippen molar-refractivity contribution in [3.05, 3.63) is 24.5 Å². The molecule has 1 aromatic heterocycles. The van der Waals surface area contributed by atoms with Crippen molar-refractivity contribution >= 4 is 23.0 Å². The minimum Gasteiger partial charge on any atom is -0.497 e. The summed E-state index contributed by atoms with van der Waals surface area (Å²) in [5, 5.41) is 3.20. The zero-order valence-electron chi connectivity index (χ0n) is 14.0. The van der Waals surface area contributed by atoms with Crippen LogP contribution >= 0.6 is 0 Å². The van der Waals surface area contributed by atoms with E-state index in [1.54, 1.807) is 14.2 Å². The third kappa shape index (κ3) is 3.56. The van der Waals surface area contributed by atoms with E-state index in [0.29, 0.717) is 23.0 Å². The van der Waals surface area contributed by atoms with Crippen molar-refractivity contribution < 1.29 is 9.47 Å². The summed E-state index contributed by atoms with van der Waals surface area (Å²) in [5.41, 5.74) is 7.47.